The lowest BCUT2D eigenvalue weighted by Crippen LogP contribution is -2.31. The smallest absolute Gasteiger partial charge is 0.266 e. The van der Waals surface area contributed by atoms with Crippen LogP contribution in [0, 0.1) is 0 Å². The molecule has 2 aromatic rings. The zero-order valence-corrected chi connectivity index (χ0v) is 20.2. The number of nitrogens with two attached hydrogens (primary N) is 1. The number of sulfonamides is 1. The van der Waals surface area contributed by atoms with Gasteiger partial charge in [0.1, 0.15) is 4.32 Å². The molecule has 9 nitrogen and oxygen atoms in total. The molecule has 1 aliphatic rings. The van der Waals surface area contributed by atoms with Gasteiger partial charge in [0.25, 0.3) is 5.91 Å². The molecular weight excluding hydrogens is 486 g/mol. The Morgan fingerprint density at radius 2 is 1.82 bits per heavy atom. The van der Waals surface area contributed by atoms with Gasteiger partial charge in [0, 0.05) is 18.7 Å². The molecule has 33 heavy (non-hydrogen) atoms. The summed E-state index contributed by atoms with van der Waals surface area (Å²) in [6.07, 6.45) is 1.71. The van der Waals surface area contributed by atoms with Gasteiger partial charge in [-0.2, -0.15) is 0 Å². The van der Waals surface area contributed by atoms with E-state index in [1.165, 1.54) is 36.3 Å². The van der Waals surface area contributed by atoms with Crippen LogP contribution in [-0.4, -0.2) is 50.2 Å². The number of carbonyl (C=O) groups excluding carboxylic acids is 2. The molecule has 3 rings (SSSR count). The van der Waals surface area contributed by atoms with E-state index in [4.69, 9.17) is 26.8 Å². The number of primary sulfonamides is 1. The second-order valence-corrected chi connectivity index (χ2v) is 10.1. The highest BCUT2D eigenvalue weighted by Gasteiger charge is 2.32. The number of thiocarbonyl (C=S) groups is 1. The molecular formula is C21H21N3O6S3. The first-order valence-electron chi connectivity index (χ1n) is 9.52. The van der Waals surface area contributed by atoms with Crippen LogP contribution in [0.4, 0.5) is 5.69 Å². The summed E-state index contributed by atoms with van der Waals surface area (Å²) >= 11 is 6.47. The Balaban J connectivity index is 1.62. The second-order valence-electron chi connectivity index (χ2n) is 6.82. The van der Waals surface area contributed by atoms with Crippen molar-refractivity contribution >= 4 is 61.9 Å². The van der Waals surface area contributed by atoms with Gasteiger partial charge in [-0.05, 0) is 48.0 Å². The van der Waals surface area contributed by atoms with Gasteiger partial charge in [-0.1, -0.05) is 30.0 Å². The number of benzene rings is 2. The van der Waals surface area contributed by atoms with Crippen LogP contribution < -0.4 is 19.9 Å². The quantitative estimate of drug-likeness (QED) is 0.412. The molecule has 0 aromatic heterocycles. The molecule has 1 aliphatic heterocycles. The zero-order chi connectivity index (χ0) is 24.2. The summed E-state index contributed by atoms with van der Waals surface area (Å²) in [5.41, 5.74) is 1.15. The number of amides is 2. The third-order valence-electron chi connectivity index (χ3n) is 4.61. The highest BCUT2D eigenvalue weighted by atomic mass is 32.2. The topological polar surface area (TPSA) is 128 Å². The summed E-state index contributed by atoms with van der Waals surface area (Å²) in [5.74, 6) is 0.476. The Kier molecular flexibility index (Phi) is 7.74. The van der Waals surface area contributed by atoms with E-state index in [9.17, 15) is 18.0 Å². The van der Waals surface area contributed by atoms with E-state index in [2.05, 4.69) is 5.32 Å². The average molecular weight is 508 g/mol. The number of hydrogen-bond donors (Lipinski definition) is 2. The van der Waals surface area contributed by atoms with Crippen molar-refractivity contribution in [1.82, 2.24) is 4.90 Å². The Bertz CT molecular complexity index is 1230. The Labute approximate surface area is 201 Å². The summed E-state index contributed by atoms with van der Waals surface area (Å²) in [6, 6.07) is 10.7. The molecule has 3 N–H and O–H groups in total. The van der Waals surface area contributed by atoms with Crippen LogP contribution in [0.15, 0.2) is 52.3 Å². The lowest BCUT2D eigenvalue weighted by Gasteiger charge is -2.14. The largest absolute Gasteiger partial charge is 0.493 e. The minimum absolute atomic E-state index is 0.00696. The monoisotopic (exact) mass is 507 g/mol. The van der Waals surface area contributed by atoms with Crippen LogP contribution in [-0.2, 0) is 19.6 Å². The van der Waals surface area contributed by atoms with Gasteiger partial charge in [-0.25, -0.2) is 13.6 Å². The van der Waals surface area contributed by atoms with E-state index in [-0.39, 0.29) is 29.7 Å². The van der Waals surface area contributed by atoms with Crippen LogP contribution in [0.5, 0.6) is 11.5 Å². The molecule has 12 heteroatoms. The van der Waals surface area contributed by atoms with E-state index >= 15 is 0 Å². The highest BCUT2D eigenvalue weighted by molar-refractivity contribution is 8.26. The number of nitrogens with zero attached hydrogens (tertiary/aromatic N) is 1. The third-order valence-corrected chi connectivity index (χ3v) is 6.92. The minimum atomic E-state index is -3.81. The van der Waals surface area contributed by atoms with Gasteiger partial charge in [-0.15, -0.1) is 0 Å². The summed E-state index contributed by atoms with van der Waals surface area (Å²) in [6.45, 7) is 0.106. The molecule has 1 heterocycles. The summed E-state index contributed by atoms with van der Waals surface area (Å²) in [7, 11) is -0.741. The number of thioether (sulfide) groups is 1. The molecule has 0 radical (unpaired) electrons. The summed E-state index contributed by atoms with van der Waals surface area (Å²) in [5, 5.41) is 7.70. The van der Waals surface area contributed by atoms with Crippen molar-refractivity contribution in [3.8, 4) is 11.5 Å². The fourth-order valence-corrected chi connectivity index (χ4v) is 4.78. The van der Waals surface area contributed by atoms with E-state index in [0.717, 1.165) is 17.3 Å². The standard InChI is InChI=1S/C21H21N3O6S3/c1-29-16-8-3-13(11-17(16)30-2)12-18-20(26)24(21(31)32-18)10-9-19(25)23-14-4-6-15(7-5-14)33(22,27)28/h3-8,11-12H,9-10H2,1-2H3,(H,23,25)(H2,22,27,28)/b18-12-. The van der Waals surface area contributed by atoms with Crippen LogP contribution in [0.2, 0.25) is 0 Å². The normalized spacial score (nSPS) is 15.1. The number of anilines is 1. The lowest BCUT2D eigenvalue weighted by atomic mass is 10.2. The molecule has 2 amide bonds. The lowest BCUT2D eigenvalue weighted by molar-refractivity contribution is -0.122. The van der Waals surface area contributed by atoms with Crippen molar-refractivity contribution in [3.05, 3.63) is 52.9 Å². The van der Waals surface area contributed by atoms with Gasteiger partial charge < -0.3 is 14.8 Å². The van der Waals surface area contributed by atoms with Crippen LogP contribution in [0.1, 0.15) is 12.0 Å². The van der Waals surface area contributed by atoms with Gasteiger partial charge in [0.05, 0.1) is 24.0 Å². The van der Waals surface area contributed by atoms with Crippen LogP contribution >= 0.6 is 24.0 Å². The number of rotatable bonds is 8. The van der Waals surface area contributed by atoms with Gasteiger partial charge in [-0.3, -0.25) is 14.5 Å². The van der Waals surface area contributed by atoms with E-state index < -0.39 is 10.0 Å². The molecule has 1 saturated heterocycles. The van der Waals surface area contributed by atoms with E-state index in [1.54, 1.807) is 31.4 Å². The maximum absolute atomic E-state index is 12.8. The van der Waals surface area contributed by atoms with Crippen LogP contribution in [0.3, 0.4) is 0 Å². The molecule has 1 fully saturated rings. The maximum Gasteiger partial charge on any atom is 0.266 e. The van der Waals surface area contributed by atoms with Gasteiger partial charge in [0.2, 0.25) is 15.9 Å². The van der Waals surface area contributed by atoms with Gasteiger partial charge in [0.15, 0.2) is 11.5 Å². The Morgan fingerprint density at radius 1 is 1.15 bits per heavy atom. The molecule has 2 aromatic carbocycles. The fraction of sp³-hybridized carbons (Fsp3) is 0.190. The molecule has 0 saturated carbocycles. The predicted molar refractivity (Wildman–Crippen MR) is 130 cm³/mol. The Morgan fingerprint density at radius 3 is 2.42 bits per heavy atom. The van der Waals surface area contributed by atoms with Crippen molar-refractivity contribution in [1.29, 1.82) is 0 Å². The third kappa shape index (κ3) is 6.11. The zero-order valence-electron chi connectivity index (χ0n) is 17.7. The van der Waals surface area contributed by atoms with E-state index in [0.29, 0.717) is 26.4 Å². The summed E-state index contributed by atoms with van der Waals surface area (Å²) < 4.78 is 33.5. The van der Waals surface area contributed by atoms with Crippen molar-refractivity contribution in [2.75, 3.05) is 26.1 Å². The second kappa shape index (κ2) is 10.3. The number of methoxy groups -OCH3 is 2. The summed E-state index contributed by atoms with van der Waals surface area (Å²) in [4.78, 5) is 26.8. The average Bonchev–Trinajstić information content (AvgIpc) is 3.04. The SMILES string of the molecule is COc1ccc(/C=C2\SC(=S)N(CCC(=O)Nc3ccc(S(N)(=O)=O)cc3)C2=O)cc1OC. The maximum atomic E-state index is 12.8. The first kappa shape index (κ1) is 24.7. The first-order valence-corrected chi connectivity index (χ1v) is 12.3. The molecule has 0 bridgehead atoms. The highest BCUT2D eigenvalue weighted by Crippen LogP contribution is 2.34. The molecule has 0 spiro atoms. The van der Waals surface area contributed by atoms with Crippen molar-refractivity contribution in [3.63, 3.8) is 0 Å². The fourth-order valence-electron chi connectivity index (χ4n) is 2.95. The predicted octanol–water partition coefficient (Wildman–Crippen LogP) is 2.58. The molecule has 0 unspecified atom stereocenters. The van der Waals surface area contributed by atoms with Gasteiger partial charge >= 0.3 is 0 Å². The minimum Gasteiger partial charge on any atom is -0.493 e. The number of ether oxygens (including phenoxy) is 2. The molecule has 0 aliphatic carbocycles. The molecule has 174 valence electrons. The number of hydrogen-bond acceptors (Lipinski definition) is 8. The Hall–Kier alpha value is -2.93. The number of nitrogens with one attached hydrogen (secondary N) is 1. The van der Waals surface area contributed by atoms with Crippen molar-refractivity contribution in [2.45, 2.75) is 11.3 Å². The van der Waals surface area contributed by atoms with Crippen molar-refractivity contribution in [2.24, 2.45) is 5.14 Å². The first-order chi connectivity index (χ1) is 15.6. The van der Waals surface area contributed by atoms with Crippen molar-refractivity contribution < 1.29 is 27.5 Å². The van der Waals surface area contributed by atoms with Crippen LogP contribution in [0.25, 0.3) is 6.08 Å². The molecule has 0 atom stereocenters. The van der Waals surface area contributed by atoms with E-state index in [1.807, 2.05) is 0 Å². The number of carbonyl (C=O) groups is 2.